The van der Waals surface area contributed by atoms with E-state index in [1.807, 2.05) is 35.9 Å². The van der Waals surface area contributed by atoms with E-state index >= 15 is 0 Å². The Balaban J connectivity index is 1.98. The molecule has 0 aliphatic carbocycles. The number of nitrogens with zero attached hydrogens (tertiary/aromatic N) is 2. The Morgan fingerprint density at radius 1 is 0.895 bits per heavy atom. The summed E-state index contributed by atoms with van der Waals surface area (Å²) in [6, 6.07) is 20.5. The molecule has 0 saturated heterocycles. The van der Waals surface area contributed by atoms with Gasteiger partial charge < -0.3 is 5.73 Å². The molecular formula is C16H15N3. The van der Waals surface area contributed by atoms with E-state index in [1.54, 1.807) is 0 Å². The fourth-order valence-electron chi connectivity index (χ4n) is 2.19. The van der Waals surface area contributed by atoms with Gasteiger partial charge in [-0.25, -0.2) is 4.68 Å². The normalized spacial score (nSPS) is 10.6. The molecule has 0 atom stereocenters. The Morgan fingerprint density at radius 3 is 2.11 bits per heavy atom. The average molecular weight is 249 g/mol. The van der Waals surface area contributed by atoms with Gasteiger partial charge in [0.2, 0.25) is 0 Å². The van der Waals surface area contributed by atoms with E-state index in [9.17, 15) is 0 Å². The molecule has 3 nitrogen and oxygen atoms in total. The molecule has 1 aromatic heterocycles. The fraction of sp³-hybridized carbons (Fsp3) is 0.0625. The van der Waals surface area contributed by atoms with E-state index in [-0.39, 0.29) is 0 Å². The topological polar surface area (TPSA) is 43.8 Å². The summed E-state index contributed by atoms with van der Waals surface area (Å²) >= 11 is 0. The molecule has 2 N–H and O–H groups in total. The molecule has 0 amide bonds. The summed E-state index contributed by atoms with van der Waals surface area (Å²) in [6.45, 7) is 1.99. The highest BCUT2D eigenvalue weighted by molar-refractivity contribution is 5.64. The van der Waals surface area contributed by atoms with Crippen molar-refractivity contribution < 1.29 is 0 Å². The predicted octanol–water partition coefficient (Wildman–Crippen LogP) is 3.43. The number of benzene rings is 2. The third-order valence-corrected chi connectivity index (χ3v) is 3.13. The SMILES string of the molecule is Cc1cc(N)nn1-c1ccc(-c2ccccc2)cc1. The lowest BCUT2D eigenvalue weighted by atomic mass is 10.1. The molecule has 0 aliphatic heterocycles. The number of nitrogens with two attached hydrogens (primary N) is 1. The van der Waals surface area contributed by atoms with Gasteiger partial charge in [-0.1, -0.05) is 42.5 Å². The molecule has 1 heterocycles. The van der Waals surface area contributed by atoms with Crippen LogP contribution in [-0.4, -0.2) is 9.78 Å². The van der Waals surface area contributed by atoms with Crippen molar-refractivity contribution in [1.82, 2.24) is 9.78 Å². The van der Waals surface area contributed by atoms with Gasteiger partial charge in [-0.05, 0) is 30.2 Å². The Bertz CT molecular complexity index is 682. The van der Waals surface area contributed by atoms with Gasteiger partial charge in [0.1, 0.15) is 5.82 Å². The lowest BCUT2D eigenvalue weighted by Gasteiger charge is -2.06. The molecule has 19 heavy (non-hydrogen) atoms. The summed E-state index contributed by atoms with van der Waals surface area (Å²) < 4.78 is 1.85. The smallest absolute Gasteiger partial charge is 0.146 e. The van der Waals surface area contributed by atoms with Crippen molar-refractivity contribution in [3.05, 3.63) is 66.4 Å². The van der Waals surface area contributed by atoms with Crippen LogP contribution in [0.3, 0.4) is 0 Å². The Kier molecular flexibility index (Phi) is 2.80. The number of hydrogen-bond acceptors (Lipinski definition) is 2. The van der Waals surface area contributed by atoms with Crippen molar-refractivity contribution in [2.75, 3.05) is 5.73 Å². The van der Waals surface area contributed by atoms with Crippen LogP contribution in [0.1, 0.15) is 5.69 Å². The Morgan fingerprint density at radius 2 is 1.53 bits per heavy atom. The lowest BCUT2D eigenvalue weighted by molar-refractivity contribution is 0.851. The van der Waals surface area contributed by atoms with E-state index in [0.717, 1.165) is 11.4 Å². The Labute approximate surface area is 112 Å². The standard InChI is InChI=1S/C16H15N3/c1-12-11-16(17)18-19(12)15-9-7-14(8-10-15)13-5-3-2-4-6-13/h2-11H,1H3,(H2,17,18). The number of aryl methyl sites for hydroxylation is 1. The van der Waals surface area contributed by atoms with E-state index in [0.29, 0.717) is 5.82 Å². The monoisotopic (exact) mass is 249 g/mol. The molecule has 94 valence electrons. The summed E-state index contributed by atoms with van der Waals surface area (Å²) in [5, 5.41) is 4.28. The molecule has 3 heteroatoms. The first-order chi connectivity index (χ1) is 9.24. The van der Waals surface area contributed by atoms with Crippen LogP contribution in [0.2, 0.25) is 0 Å². The summed E-state index contributed by atoms with van der Waals surface area (Å²) in [5.74, 6) is 0.546. The minimum absolute atomic E-state index is 0.546. The van der Waals surface area contributed by atoms with Crippen LogP contribution in [0, 0.1) is 6.92 Å². The largest absolute Gasteiger partial charge is 0.382 e. The van der Waals surface area contributed by atoms with Crippen molar-refractivity contribution in [2.24, 2.45) is 0 Å². The number of rotatable bonds is 2. The van der Waals surface area contributed by atoms with E-state index in [2.05, 4.69) is 41.5 Å². The molecule has 0 bridgehead atoms. The van der Waals surface area contributed by atoms with E-state index in [1.165, 1.54) is 11.1 Å². The molecule has 3 aromatic rings. The molecule has 0 saturated carbocycles. The minimum atomic E-state index is 0.546. The van der Waals surface area contributed by atoms with Crippen molar-refractivity contribution in [3.8, 4) is 16.8 Å². The number of hydrogen-bond donors (Lipinski definition) is 1. The highest BCUT2D eigenvalue weighted by Gasteiger charge is 2.04. The first-order valence-corrected chi connectivity index (χ1v) is 6.22. The summed E-state index contributed by atoms with van der Waals surface area (Å²) in [6.07, 6.45) is 0. The van der Waals surface area contributed by atoms with Gasteiger partial charge in [0.05, 0.1) is 5.69 Å². The van der Waals surface area contributed by atoms with Crippen LogP contribution in [0.5, 0.6) is 0 Å². The maximum absolute atomic E-state index is 5.71. The highest BCUT2D eigenvalue weighted by Crippen LogP contribution is 2.21. The van der Waals surface area contributed by atoms with Gasteiger partial charge in [-0.3, -0.25) is 0 Å². The first-order valence-electron chi connectivity index (χ1n) is 6.22. The Hall–Kier alpha value is -2.55. The molecule has 0 aliphatic rings. The second kappa shape index (κ2) is 4.61. The second-order valence-corrected chi connectivity index (χ2v) is 4.54. The summed E-state index contributed by atoms with van der Waals surface area (Å²) in [7, 11) is 0. The van der Waals surface area contributed by atoms with Gasteiger partial charge in [0.15, 0.2) is 0 Å². The molecule has 2 aromatic carbocycles. The first kappa shape index (κ1) is 11.5. The van der Waals surface area contributed by atoms with Crippen molar-refractivity contribution >= 4 is 5.82 Å². The lowest BCUT2D eigenvalue weighted by Crippen LogP contribution is -1.99. The third kappa shape index (κ3) is 2.22. The molecule has 3 rings (SSSR count). The van der Waals surface area contributed by atoms with Crippen molar-refractivity contribution in [3.63, 3.8) is 0 Å². The summed E-state index contributed by atoms with van der Waals surface area (Å²) in [5.41, 5.74) is 10.2. The maximum Gasteiger partial charge on any atom is 0.146 e. The number of anilines is 1. The van der Waals surface area contributed by atoms with Crippen LogP contribution in [-0.2, 0) is 0 Å². The minimum Gasteiger partial charge on any atom is -0.382 e. The number of nitrogen functional groups attached to an aromatic ring is 1. The maximum atomic E-state index is 5.71. The van der Waals surface area contributed by atoms with Gasteiger partial charge >= 0.3 is 0 Å². The molecule has 0 unspecified atom stereocenters. The van der Waals surface area contributed by atoms with Crippen molar-refractivity contribution in [1.29, 1.82) is 0 Å². The van der Waals surface area contributed by atoms with E-state index < -0.39 is 0 Å². The van der Waals surface area contributed by atoms with Gasteiger partial charge in [-0.2, -0.15) is 5.10 Å². The van der Waals surface area contributed by atoms with Crippen molar-refractivity contribution in [2.45, 2.75) is 6.92 Å². The zero-order valence-corrected chi connectivity index (χ0v) is 10.7. The van der Waals surface area contributed by atoms with Crippen LogP contribution in [0.4, 0.5) is 5.82 Å². The quantitative estimate of drug-likeness (QED) is 0.756. The third-order valence-electron chi connectivity index (χ3n) is 3.13. The number of aromatic nitrogens is 2. The second-order valence-electron chi connectivity index (χ2n) is 4.54. The van der Waals surface area contributed by atoms with Crippen LogP contribution >= 0.6 is 0 Å². The fourth-order valence-corrected chi connectivity index (χ4v) is 2.19. The van der Waals surface area contributed by atoms with E-state index in [4.69, 9.17) is 5.73 Å². The highest BCUT2D eigenvalue weighted by atomic mass is 15.3. The van der Waals surface area contributed by atoms with Gasteiger partial charge in [0, 0.05) is 11.8 Å². The van der Waals surface area contributed by atoms with Crippen LogP contribution in [0.25, 0.3) is 16.8 Å². The van der Waals surface area contributed by atoms with Crippen LogP contribution < -0.4 is 5.73 Å². The van der Waals surface area contributed by atoms with Crippen LogP contribution in [0.15, 0.2) is 60.7 Å². The molecule has 0 radical (unpaired) electrons. The average Bonchev–Trinajstić information content (AvgIpc) is 2.79. The summed E-state index contributed by atoms with van der Waals surface area (Å²) in [4.78, 5) is 0. The predicted molar refractivity (Wildman–Crippen MR) is 78.1 cm³/mol. The van der Waals surface area contributed by atoms with Gasteiger partial charge in [-0.15, -0.1) is 0 Å². The molecule has 0 fully saturated rings. The zero-order valence-electron chi connectivity index (χ0n) is 10.7. The molecule has 0 spiro atoms. The zero-order chi connectivity index (χ0) is 13.2. The molecular weight excluding hydrogens is 234 g/mol. The van der Waals surface area contributed by atoms with Gasteiger partial charge in [0.25, 0.3) is 0 Å².